The lowest BCUT2D eigenvalue weighted by Crippen LogP contribution is -2.52. The molecule has 2 aromatic carbocycles. The third kappa shape index (κ3) is 4.96. The fourth-order valence-electron chi connectivity index (χ4n) is 3.62. The van der Waals surface area contributed by atoms with Gasteiger partial charge in [-0.15, -0.1) is 0 Å². The van der Waals surface area contributed by atoms with Crippen LogP contribution >= 0.6 is 0 Å². The molecule has 0 aromatic heterocycles. The number of hydrogen-bond donors (Lipinski definition) is 1. The van der Waals surface area contributed by atoms with Crippen LogP contribution in [0.5, 0.6) is 11.5 Å². The number of amides is 1. The molecule has 2 aliphatic rings. The highest BCUT2D eigenvalue weighted by molar-refractivity contribution is 5.94. The number of carbonyl (C=O) groups excluding carboxylic acids is 1. The van der Waals surface area contributed by atoms with Crippen molar-refractivity contribution in [2.45, 2.75) is 13.0 Å². The first-order chi connectivity index (χ1) is 14.2. The Bertz CT molecular complexity index is 861. The zero-order valence-corrected chi connectivity index (χ0v) is 16.7. The Morgan fingerprint density at radius 2 is 1.83 bits per heavy atom. The Balaban J connectivity index is 1.23. The first kappa shape index (κ1) is 19.5. The second kappa shape index (κ2) is 9.11. The van der Waals surface area contributed by atoms with Gasteiger partial charge < -0.3 is 14.8 Å². The molecule has 1 N–H and O–H groups in total. The number of fused-ring (bicyclic) bond motifs is 1. The average molecular weight is 393 g/mol. The van der Waals surface area contributed by atoms with Crippen LogP contribution in [0.15, 0.2) is 54.6 Å². The Kier molecular flexibility index (Phi) is 6.12. The summed E-state index contributed by atoms with van der Waals surface area (Å²) in [5.41, 5.74) is 1.95. The first-order valence-electron chi connectivity index (χ1n) is 10.1. The predicted molar refractivity (Wildman–Crippen MR) is 114 cm³/mol. The fraction of sp³-hybridized carbons (Fsp3) is 0.348. The molecule has 6 heteroatoms. The first-order valence-corrected chi connectivity index (χ1v) is 10.1. The van der Waals surface area contributed by atoms with E-state index in [1.807, 2.05) is 31.2 Å². The number of nitrogens with one attached hydrogen (secondary N) is 1. The smallest absolute Gasteiger partial charge is 0.241 e. The van der Waals surface area contributed by atoms with Crippen molar-refractivity contribution in [1.82, 2.24) is 9.80 Å². The van der Waals surface area contributed by atoms with Crippen LogP contribution in [0.4, 0.5) is 5.69 Å². The van der Waals surface area contributed by atoms with Crippen molar-refractivity contribution in [3.8, 4) is 11.5 Å². The maximum atomic E-state index is 12.7. The highest BCUT2D eigenvalue weighted by Crippen LogP contribution is 2.34. The summed E-state index contributed by atoms with van der Waals surface area (Å²) >= 11 is 0. The number of carbonyl (C=O) groups is 1. The highest BCUT2D eigenvalue weighted by Gasteiger charge is 2.25. The Hall–Kier alpha value is -2.83. The minimum atomic E-state index is -0.178. The molecule has 152 valence electrons. The monoisotopic (exact) mass is 393 g/mol. The number of nitrogens with zero attached hydrogens (tertiary/aromatic N) is 2. The molecule has 2 heterocycles. The molecule has 4 rings (SSSR count). The van der Waals surface area contributed by atoms with E-state index in [-0.39, 0.29) is 18.7 Å². The molecule has 1 amide bonds. The van der Waals surface area contributed by atoms with Crippen molar-refractivity contribution in [1.29, 1.82) is 0 Å². The van der Waals surface area contributed by atoms with Crippen LogP contribution in [0, 0.1) is 0 Å². The van der Waals surface area contributed by atoms with E-state index in [1.54, 1.807) is 0 Å². The van der Waals surface area contributed by atoms with Gasteiger partial charge in [0, 0.05) is 44.5 Å². The lowest BCUT2D eigenvalue weighted by atomic mass is 10.2. The molecular formula is C23H27N3O3. The molecule has 2 aromatic rings. The Morgan fingerprint density at radius 3 is 2.62 bits per heavy atom. The summed E-state index contributed by atoms with van der Waals surface area (Å²) in [6, 6.07) is 15.6. The molecule has 0 aliphatic carbocycles. The van der Waals surface area contributed by atoms with Gasteiger partial charge in [-0.2, -0.15) is 0 Å². The number of anilines is 1. The molecule has 0 bridgehead atoms. The van der Waals surface area contributed by atoms with Crippen molar-refractivity contribution in [3.63, 3.8) is 0 Å². The zero-order chi connectivity index (χ0) is 20.1. The second-order valence-corrected chi connectivity index (χ2v) is 7.38. The molecule has 1 saturated heterocycles. The molecule has 0 radical (unpaired) electrons. The highest BCUT2D eigenvalue weighted by atomic mass is 16.7. The van der Waals surface area contributed by atoms with Gasteiger partial charge in [0.15, 0.2) is 11.5 Å². The van der Waals surface area contributed by atoms with Gasteiger partial charge in [-0.05, 0) is 24.6 Å². The predicted octanol–water partition coefficient (Wildman–Crippen LogP) is 3.07. The minimum Gasteiger partial charge on any atom is -0.454 e. The van der Waals surface area contributed by atoms with E-state index >= 15 is 0 Å². The minimum absolute atomic E-state index is 0.00119. The van der Waals surface area contributed by atoms with Crippen LogP contribution < -0.4 is 14.8 Å². The van der Waals surface area contributed by atoms with Crippen LogP contribution in [0.25, 0.3) is 6.08 Å². The lowest BCUT2D eigenvalue weighted by Gasteiger charge is -2.37. The topological polar surface area (TPSA) is 54.0 Å². The van der Waals surface area contributed by atoms with Gasteiger partial charge in [-0.25, -0.2) is 0 Å². The maximum absolute atomic E-state index is 12.7. The van der Waals surface area contributed by atoms with Crippen molar-refractivity contribution >= 4 is 17.7 Å². The molecule has 29 heavy (non-hydrogen) atoms. The molecule has 0 spiro atoms. The molecule has 1 atom stereocenters. The SMILES string of the molecule is C[C@@H](C(=O)Nc1ccc2c(c1)OCO2)N1CCN(C/C=C/c2ccccc2)CC1. The van der Waals surface area contributed by atoms with Gasteiger partial charge in [0.05, 0.1) is 6.04 Å². The number of hydrogen-bond acceptors (Lipinski definition) is 5. The van der Waals surface area contributed by atoms with Gasteiger partial charge in [0.25, 0.3) is 0 Å². The largest absolute Gasteiger partial charge is 0.454 e. The van der Waals surface area contributed by atoms with E-state index in [0.717, 1.165) is 38.4 Å². The van der Waals surface area contributed by atoms with E-state index in [4.69, 9.17) is 9.47 Å². The third-order valence-corrected chi connectivity index (χ3v) is 5.45. The van der Waals surface area contributed by atoms with E-state index in [2.05, 4.69) is 51.5 Å². The van der Waals surface area contributed by atoms with Crippen molar-refractivity contribution in [3.05, 3.63) is 60.2 Å². The molecule has 1 fully saturated rings. The summed E-state index contributed by atoms with van der Waals surface area (Å²) in [6.45, 7) is 6.81. The normalized spacial score (nSPS) is 18.1. The van der Waals surface area contributed by atoms with E-state index in [9.17, 15) is 4.79 Å². The number of ether oxygens (including phenoxy) is 2. The molecule has 2 aliphatic heterocycles. The summed E-state index contributed by atoms with van der Waals surface area (Å²) in [4.78, 5) is 17.3. The van der Waals surface area contributed by atoms with Crippen LogP contribution in [-0.2, 0) is 4.79 Å². The van der Waals surface area contributed by atoms with E-state index in [0.29, 0.717) is 11.5 Å². The van der Waals surface area contributed by atoms with E-state index < -0.39 is 0 Å². The van der Waals surface area contributed by atoms with Crippen molar-refractivity contribution in [2.24, 2.45) is 0 Å². The van der Waals surface area contributed by atoms with Crippen molar-refractivity contribution in [2.75, 3.05) is 44.8 Å². The summed E-state index contributed by atoms with van der Waals surface area (Å²) in [5.74, 6) is 1.39. The summed E-state index contributed by atoms with van der Waals surface area (Å²) in [5, 5.41) is 2.99. The van der Waals surface area contributed by atoms with Crippen molar-refractivity contribution < 1.29 is 14.3 Å². The van der Waals surface area contributed by atoms with Crippen LogP contribution in [0.1, 0.15) is 12.5 Å². The quantitative estimate of drug-likeness (QED) is 0.818. The van der Waals surface area contributed by atoms with Gasteiger partial charge in [0.2, 0.25) is 12.7 Å². The number of rotatable bonds is 6. The van der Waals surface area contributed by atoms with Gasteiger partial charge in [-0.1, -0.05) is 42.5 Å². The van der Waals surface area contributed by atoms with Crippen LogP contribution in [0.3, 0.4) is 0 Å². The molecular weight excluding hydrogens is 366 g/mol. The summed E-state index contributed by atoms with van der Waals surface area (Å²) in [6.07, 6.45) is 4.37. The maximum Gasteiger partial charge on any atom is 0.241 e. The summed E-state index contributed by atoms with van der Waals surface area (Å²) < 4.78 is 10.7. The van der Waals surface area contributed by atoms with E-state index in [1.165, 1.54) is 5.56 Å². The molecule has 0 saturated carbocycles. The number of piperazine rings is 1. The van der Waals surface area contributed by atoms with Gasteiger partial charge in [-0.3, -0.25) is 14.6 Å². The zero-order valence-electron chi connectivity index (χ0n) is 16.7. The molecule has 6 nitrogen and oxygen atoms in total. The average Bonchev–Trinajstić information content (AvgIpc) is 3.22. The van der Waals surface area contributed by atoms with Crippen LogP contribution in [0.2, 0.25) is 0 Å². The second-order valence-electron chi connectivity index (χ2n) is 7.38. The fourth-order valence-corrected chi connectivity index (χ4v) is 3.62. The van der Waals surface area contributed by atoms with Gasteiger partial charge >= 0.3 is 0 Å². The van der Waals surface area contributed by atoms with Crippen LogP contribution in [-0.4, -0.2) is 61.3 Å². The number of benzene rings is 2. The standard InChI is InChI=1S/C23H27N3O3/c1-18(23(27)24-20-9-10-21-22(16-20)29-17-28-21)26-14-12-25(13-15-26)11-5-8-19-6-3-2-4-7-19/h2-10,16,18H,11-15,17H2,1H3,(H,24,27)/b8-5+/t18-/m0/s1. The lowest BCUT2D eigenvalue weighted by molar-refractivity contribution is -0.121. The Labute approximate surface area is 171 Å². The van der Waals surface area contributed by atoms with Gasteiger partial charge in [0.1, 0.15) is 0 Å². The summed E-state index contributed by atoms with van der Waals surface area (Å²) in [7, 11) is 0. The molecule has 0 unspecified atom stereocenters. The Morgan fingerprint density at radius 1 is 1.07 bits per heavy atom. The third-order valence-electron chi connectivity index (χ3n) is 5.45.